The highest BCUT2D eigenvalue weighted by Crippen LogP contribution is 2.32. The van der Waals surface area contributed by atoms with Crippen LogP contribution in [0.2, 0.25) is 0 Å². The van der Waals surface area contributed by atoms with E-state index in [1.165, 1.54) is 24.0 Å². The molecule has 5 aromatic rings. The van der Waals surface area contributed by atoms with Crippen LogP contribution in [0.5, 0.6) is 11.5 Å². The lowest BCUT2D eigenvalue weighted by atomic mass is 9.92. The molecule has 0 saturated heterocycles. The highest BCUT2D eigenvalue weighted by molar-refractivity contribution is 7.20. The summed E-state index contributed by atoms with van der Waals surface area (Å²) >= 11 is 1.60. The Balaban J connectivity index is 1.27. The lowest BCUT2D eigenvalue weighted by molar-refractivity contribution is 0.102. The standard InChI is InChI=1S/C28H24N4O2S/c1-18-14-26(30-27(33)21-10-7-13-23(15-21)34-22-11-3-2-4-12-22)32(31-18)28-29-24-16-19-8-5-6-9-20(19)17-25(24)35-28/h2-4,7,10-17H,5-6,8-9H2,1H3,(H,30,33). The van der Waals surface area contributed by atoms with E-state index in [0.717, 1.165) is 39.6 Å². The van der Waals surface area contributed by atoms with Crippen molar-refractivity contribution in [3.8, 4) is 16.6 Å². The second-order valence-electron chi connectivity index (χ2n) is 8.77. The van der Waals surface area contributed by atoms with Crippen LogP contribution in [0.3, 0.4) is 0 Å². The molecule has 0 saturated carbocycles. The molecule has 0 spiro atoms. The molecule has 0 radical (unpaired) electrons. The number of benzene rings is 3. The number of nitrogens with zero attached hydrogens (tertiary/aromatic N) is 3. The van der Waals surface area contributed by atoms with E-state index in [1.807, 2.05) is 55.5 Å². The van der Waals surface area contributed by atoms with Crippen LogP contribution in [0.15, 0.2) is 72.8 Å². The van der Waals surface area contributed by atoms with Gasteiger partial charge in [-0.2, -0.15) is 9.78 Å². The monoisotopic (exact) mass is 480 g/mol. The van der Waals surface area contributed by atoms with E-state index in [-0.39, 0.29) is 5.91 Å². The quantitative estimate of drug-likeness (QED) is 0.303. The van der Waals surface area contributed by atoms with Gasteiger partial charge in [0.05, 0.1) is 15.9 Å². The molecule has 7 heteroatoms. The average Bonchev–Trinajstić information content (AvgIpc) is 3.45. The van der Waals surface area contributed by atoms with E-state index in [1.54, 1.807) is 28.2 Å². The molecular weight excluding hydrogens is 456 g/mol. The number of hydrogen-bond acceptors (Lipinski definition) is 5. The molecule has 0 unspecified atom stereocenters. The van der Waals surface area contributed by atoms with Gasteiger partial charge in [-0.25, -0.2) is 4.98 Å². The Kier molecular flexibility index (Phi) is 5.54. The Labute approximate surface area is 207 Å². The van der Waals surface area contributed by atoms with Crippen LogP contribution in [0.1, 0.15) is 40.0 Å². The minimum absolute atomic E-state index is 0.235. The minimum atomic E-state index is -0.235. The second-order valence-corrected chi connectivity index (χ2v) is 9.78. The van der Waals surface area contributed by atoms with Gasteiger partial charge in [0.2, 0.25) is 5.13 Å². The van der Waals surface area contributed by atoms with Gasteiger partial charge in [0.25, 0.3) is 5.91 Å². The zero-order valence-electron chi connectivity index (χ0n) is 19.3. The number of thiazole rings is 1. The van der Waals surface area contributed by atoms with Gasteiger partial charge >= 0.3 is 0 Å². The van der Waals surface area contributed by atoms with Crippen molar-refractivity contribution in [3.63, 3.8) is 0 Å². The molecule has 2 heterocycles. The van der Waals surface area contributed by atoms with Crippen LogP contribution in [-0.2, 0) is 12.8 Å². The van der Waals surface area contributed by atoms with E-state index >= 15 is 0 Å². The summed E-state index contributed by atoms with van der Waals surface area (Å²) in [6.07, 6.45) is 4.74. The Morgan fingerprint density at radius 2 is 1.71 bits per heavy atom. The fraction of sp³-hybridized carbons (Fsp3) is 0.179. The highest BCUT2D eigenvalue weighted by atomic mass is 32.1. The maximum absolute atomic E-state index is 13.1. The van der Waals surface area contributed by atoms with Gasteiger partial charge < -0.3 is 10.1 Å². The highest BCUT2D eigenvalue weighted by Gasteiger charge is 2.18. The van der Waals surface area contributed by atoms with Crippen LogP contribution in [0.4, 0.5) is 5.82 Å². The SMILES string of the molecule is Cc1cc(NC(=O)c2cccc(Oc3ccccc3)c2)n(-c2nc3cc4c(cc3s2)CCCC4)n1. The third kappa shape index (κ3) is 4.42. The van der Waals surface area contributed by atoms with Gasteiger partial charge in [0.1, 0.15) is 17.3 Å². The summed E-state index contributed by atoms with van der Waals surface area (Å²) in [7, 11) is 0. The van der Waals surface area contributed by atoms with Crippen LogP contribution in [0.25, 0.3) is 15.3 Å². The molecule has 0 fully saturated rings. The van der Waals surface area contributed by atoms with Crippen molar-refractivity contribution in [1.82, 2.24) is 14.8 Å². The lowest BCUT2D eigenvalue weighted by Crippen LogP contribution is -2.15. The predicted molar refractivity (Wildman–Crippen MR) is 139 cm³/mol. The zero-order valence-corrected chi connectivity index (χ0v) is 20.1. The number of anilines is 1. The van der Waals surface area contributed by atoms with Crippen molar-refractivity contribution in [3.05, 3.63) is 95.2 Å². The molecule has 2 aromatic heterocycles. The number of hydrogen-bond donors (Lipinski definition) is 1. The predicted octanol–water partition coefficient (Wildman–Crippen LogP) is 6.71. The smallest absolute Gasteiger partial charge is 0.256 e. The van der Waals surface area contributed by atoms with Crippen LogP contribution >= 0.6 is 11.3 Å². The van der Waals surface area contributed by atoms with E-state index in [2.05, 4.69) is 22.5 Å². The van der Waals surface area contributed by atoms with Gasteiger partial charge in [-0.05, 0) is 86.2 Å². The fourth-order valence-electron chi connectivity index (χ4n) is 4.48. The molecule has 3 aromatic carbocycles. The van der Waals surface area contributed by atoms with Gasteiger partial charge in [0, 0.05) is 11.6 Å². The number of rotatable bonds is 5. The van der Waals surface area contributed by atoms with Crippen molar-refractivity contribution in [2.24, 2.45) is 0 Å². The lowest BCUT2D eigenvalue weighted by Gasteiger charge is -2.14. The first kappa shape index (κ1) is 21.6. The summed E-state index contributed by atoms with van der Waals surface area (Å²) in [5, 5.41) is 8.37. The third-order valence-electron chi connectivity index (χ3n) is 6.17. The number of aryl methyl sites for hydroxylation is 3. The number of amides is 1. The molecular formula is C28H24N4O2S. The fourth-order valence-corrected chi connectivity index (χ4v) is 5.46. The second kappa shape index (κ2) is 9.00. The summed E-state index contributed by atoms with van der Waals surface area (Å²) in [5.41, 5.74) is 5.13. The van der Waals surface area contributed by atoms with Crippen molar-refractivity contribution in [2.45, 2.75) is 32.6 Å². The van der Waals surface area contributed by atoms with Crippen LogP contribution in [0, 0.1) is 6.92 Å². The molecule has 6 rings (SSSR count). The molecule has 174 valence electrons. The number of carbonyl (C=O) groups excluding carboxylic acids is 1. The van der Waals surface area contributed by atoms with Gasteiger partial charge in [-0.15, -0.1) is 0 Å². The number of fused-ring (bicyclic) bond motifs is 2. The molecule has 0 aliphatic heterocycles. The number of aromatic nitrogens is 3. The van der Waals surface area contributed by atoms with Gasteiger partial charge in [-0.3, -0.25) is 4.79 Å². The van der Waals surface area contributed by atoms with Crippen molar-refractivity contribution >= 4 is 33.3 Å². The van der Waals surface area contributed by atoms with Gasteiger partial charge in [0.15, 0.2) is 0 Å². The topological polar surface area (TPSA) is 69.0 Å². The Morgan fingerprint density at radius 3 is 2.54 bits per heavy atom. The molecule has 0 bridgehead atoms. The Bertz CT molecular complexity index is 1490. The van der Waals surface area contributed by atoms with Crippen LogP contribution < -0.4 is 10.1 Å². The number of nitrogens with one attached hydrogen (secondary N) is 1. The van der Waals surface area contributed by atoms with Crippen molar-refractivity contribution in [2.75, 3.05) is 5.32 Å². The molecule has 0 atom stereocenters. The first-order valence-electron chi connectivity index (χ1n) is 11.8. The summed E-state index contributed by atoms with van der Waals surface area (Å²) in [5.74, 6) is 1.67. The Morgan fingerprint density at radius 1 is 0.943 bits per heavy atom. The third-order valence-corrected chi connectivity index (χ3v) is 7.16. The number of carbonyl (C=O) groups is 1. The number of para-hydroxylation sites is 1. The summed E-state index contributed by atoms with van der Waals surface area (Å²) in [6.45, 7) is 1.91. The molecule has 35 heavy (non-hydrogen) atoms. The normalized spacial score (nSPS) is 12.9. The largest absolute Gasteiger partial charge is 0.457 e. The molecule has 6 nitrogen and oxygen atoms in total. The molecule has 1 aliphatic carbocycles. The summed E-state index contributed by atoms with van der Waals surface area (Å²) < 4.78 is 8.76. The average molecular weight is 481 g/mol. The first-order valence-corrected chi connectivity index (χ1v) is 12.6. The van der Waals surface area contributed by atoms with E-state index < -0.39 is 0 Å². The first-order chi connectivity index (χ1) is 17.1. The number of ether oxygens (including phenoxy) is 1. The zero-order chi connectivity index (χ0) is 23.8. The molecule has 1 aliphatic rings. The summed E-state index contributed by atoms with van der Waals surface area (Å²) in [4.78, 5) is 18.0. The van der Waals surface area contributed by atoms with Crippen molar-refractivity contribution < 1.29 is 9.53 Å². The van der Waals surface area contributed by atoms with Crippen LogP contribution in [-0.4, -0.2) is 20.7 Å². The van der Waals surface area contributed by atoms with E-state index in [4.69, 9.17) is 9.72 Å². The molecule has 1 N–H and O–H groups in total. The molecule has 1 amide bonds. The van der Waals surface area contributed by atoms with Gasteiger partial charge in [-0.1, -0.05) is 35.6 Å². The summed E-state index contributed by atoms with van der Waals surface area (Å²) in [6, 6.07) is 23.0. The Hall–Kier alpha value is -3.97. The van der Waals surface area contributed by atoms with E-state index in [0.29, 0.717) is 17.1 Å². The maximum atomic E-state index is 13.1. The maximum Gasteiger partial charge on any atom is 0.256 e. The van der Waals surface area contributed by atoms with Crippen molar-refractivity contribution in [1.29, 1.82) is 0 Å². The minimum Gasteiger partial charge on any atom is -0.457 e. The van der Waals surface area contributed by atoms with E-state index in [9.17, 15) is 4.79 Å².